The summed E-state index contributed by atoms with van der Waals surface area (Å²) in [7, 11) is 0. The molecule has 0 aromatic carbocycles. The molecule has 554 valence electrons. The summed E-state index contributed by atoms with van der Waals surface area (Å²) < 4.78 is 34.4. The first-order valence-corrected chi connectivity index (χ1v) is 38.0. The van der Waals surface area contributed by atoms with Crippen LogP contribution in [0.5, 0.6) is 0 Å². The van der Waals surface area contributed by atoms with Gasteiger partial charge in [0.1, 0.15) is 73.2 Å². The van der Waals surface area contributed by atoms with Crippen molar-refractivity contribution in [1.82, 2.24) is 5.32 Å². The largest absolute Gasteiger partial charge is 0.394 e. The van der Waals surface area contributed by atoms with E-state index in [1.54, 1.807) is 6.08 Å². The van der Waals surface area contributed by atoms with Crippen LogP contribution in [-0.4, -0.2) is 193 Å². The van der Waals surface area contributed by atoms with Crippen LogP contribution in [0.3, 0.4) is 0 Å². The van der Waals surface area contributed by atoms with Crippen LogP contribution in [-0.2, 0) is 33.2 Å². The highest BCUT2D eigenvalue weighted by Crippen LogP contribution is 2.33. The van der Waals surface area contributed by atoms with E-state index in [-0.39, 0.29) is 18.9 Å². The average molecular weight is 1350 g/mol. The van der Waals surface area contributed by atoms with E-state index < -0.39 is 124 Å². The third-order valence-electron chi connectivity index (χ3n) is 18.8. The highest BCUT2D eigenvalue weighted by molar-refractivity contribution is 5.76. The van der Waals surface area contributed by atoms with Gasteiger partial charge in [-0.1, -0.05) is 267 Å². The summed E-state index contributed by atoms with van der Waals surface area (Å²) in [6.07, 6.45) is 44.8. The van der Waals surface area contributed by atoms with Gasteiger partial charge in [0.05, 0.1) is 38.6 Å². The molecule has 12 N–H and O–H groups in total. The molecule has 3 saturated heterocycles. The minimum Gasteiger partial charge on any atom is -0.394 e. The Labute approximate surface area is 573 Å². The van der Waals surface area contributed by atoms with Gasteiger partial charge in [0, 0.05) is 6.42 Å². The summed E-state index contributed by atoms with van der Waals surface area (Å²) in [6, 6.07) is -0.998. The Bertz CT molecular complexity index is 1950. The van der Waals surface area contributed by atoms with Crippen molar-refractivity contribution in [1.29, 1.82) is 0 Å². The van der Waals surface area contributed by atoms with Crippen molar-refractivity contribution in [2.75, 3.05) is 26.4 Å². The third-order valence-corrected chi connectivity index (χ3v) is 18.8. The number of allylic oxidation sites excluding steroid dienone is 9. The molecule has 17 atom stereocenters. The second kappa shape index (κ2) is 57.2. The van der Waals surface area contributed by atoms with Crippen molar-refractivity contribution >= 4 is 5.91 Å². The van der Waals surface area contributed by atoms with Crippen molar-refractivity contribution in [3.8, 4) is 0 Å². The van der Waals surface area contributed by atoms with Crippen molar-refractivity contribution in [2.45, 2.75) is 388 Å². The summed E-state index contributed by atoms with van der Waals surface area (Å²) in [5, 5.41) is 121. The molecular weight excluding hydrogens is 1210 g/mol. The lowest BCUT2D eigenvalue weighted by molar-refractivity contribution is -0.379. The standard InChI is InChI=1S/C76H137NO18/c1-3-5-7-9-11-13-15-17-19-21-23-25-27-28-29-30-32-33-35-37-39-41-43-45-47-49-51-53-60(81)59(77-64(82)54-52-50-48-46-44-42-40-38-36-34-31-26-24-22-20-18-16-14-12-10-8-6-4-2)58-90-74-70(88)67(85)72(62(56-79)92-74)95-76-71(89)68(86)73(63(57-80)93-76)94-75-69(87)66(84)65(83)61(55-78)91-75/h16,18,22,24,31,34,43,45,51,53,59-63,65-76,78-81,83-89H,3-15,17,19-21,23,25-30,32-33,35-42,44,46-50,52,54-58H2,1-2H3,(H,77,82)/b18-16-,24-22-,34-31-,45-43+,53-51+. The molecule has 17 unspecified atom stereocenters. The number of carbonyl (C=O) groups excluding carboxylic acids is 1. The molecule has 0 saturated carbocycles. The van der Waals surface area contributed by atoms with E-state index >= 15 is 0 Å². The monoisotopic (exact) mass is 1350 g/mol. The fourth-order valence-electron chi connectivity index (χ4n) is 12.6. The molecule has 0 spiro atoms. The number of aliphatic hydroxyl groups is 11. The van der Waals surface area contributed by atoms with Crippen LogP contribution < -0.4 is 5.32 Å². The molecular formula is C76H137NO18. The van der Waals surface area contributed by atoms with Gasteiger partial charge in [-0.25, -0.2) is 0 Å². The molecule has 3 fully saturated rings. The summed E-state index contributed by atoms with van der Waals surface area (Å²) >= 11 is 0. The number of aliphatic hydroxyl groups excluding tert-OH is 11. The molecule has 19 heteroatoms. The maximum atomic E-state index is 13.4. The summed E-state index contributed by atoms with van der Waals surface area (Å²) in [5.74, 6) is -0.292. The highest BCUT2D eigenvalue weighted by Gasteiger charge is 2.53. The molecule has 1 amide bonds. The molecule has 3 aliphatic rings. The average Bonchev–Trinajstić information content (AvgIpc) is 0.787. The third kappa shape index (κ3) is 38.2. The van der Waals surface area contributed by atoms with Crippen LogP contribution in [0.2, 0.25) is 0 Å². The molecule has 95 heavy (non-hydrogen) atoms. The van der Waals surface area contributed by atoms with Crippen LogP contribution >= 0.6 is 0 Å². The van der Waals surface area contributed by atoms with E-state index in [0.29, 0.717) is 12.8 Å². The van der Waals surface area contributed by atoms with Gasteiger partial charge < -0.3 is 89.9 Å². The molecule has 0 bridgehead atoms. The first-order chi connectivity index (χ1) is 46.3. The zero-order chi connectivity index (χ0) is 68.9. The van der Waals surface area contributed by atoms with Crippen LogP contribution in [0.1, 0.15) is 284 Å². The second-order valence-electron chi connectivity index (χ2n) is 27.1. The van der Waals surface area contributed by atoms with E-state index in [1.807, 2.05) is 6.08 Å². The Kier molecular flexibility index (Phi) is 52.2. The van der Waals surface area contributed by atoms with Crippen molar-refractivity contribution in [2.24, 2.45) is 0 Å². The van der Waals surface area contributed by atoms with Gasteiger partial charge in [-0.2, -0.15) is 0 Å². The topological polar surface area (TPSA) is 307 Å². The Morgan fingerprint density at radius 2 is 0.705 bits per heavy atom. The zero-order valence-corrected chi connectivity index (χ0v) is 58.9. The van der Waals surface area contributed by atoms with Gasteiger partial charge >= 0.3 is 0 Å². The quantitative estimate of drug-likeness (QED) is 0.0199. The first-order valence-electron chi connectivity index (χ1n) is 38.0. The predicted molar refractivity (Wildman–Crippen MR) is 374 cm³/mol. The summed E-state index contributed by atoms with van der Waals surface area (Å²) in [4.78, 5) is 13.4. The number of hydrogen-bond donors (Lipinski definition) is 12. The lowest BCUT2D eigenvalue weighted by Gasteiger charge is -2.48. The van der Waals surface area contributed by atoms with Gasteiger partial charge in [0.15, 0.2) is 18.9 Å². The minimum absolute atomic E-state index is 0.225. The minimum atomic E-state index is -1.98. The van der Waals surface area contributed by atoms with Crippen LogP contribution in [0.15, 0.2) is 60.8 Å². The normalized spacial score (nSPS) is 27.5. The Morgan fingerprint density at radius 1 is 0.379 bits per heavy atom. The van der Waals surface area contributed by atoms with Gasteiger partial charge in [-0.05, 0) is 70.6 Å². The molecule has 19 nitrogen and oxygen atoms in total. The van der Waals surface area contributed by atoms with E-state index in [2.05, 4.69) is 67.8 Å². The molecule has 3 aliphatic heterocycles. The molecule has 3 rings (SSSR count). The number of nitrogens with one attached hydrogen (secondary N) is 1. The Morgan fingerprint density at radius 3 is 1.13 bits per heavy atom. The number of amides is 1. The lowest BCUT2D eigenvalue weighted by atomic mass is 9.96. The molecule has 0 aliphatic carbocycles. The number of hydrogen-bond acceptors (Lipinski definition) is 18. The predicted octanol–water partition coefficient (Wildman–Crippen LogP) is 11.5. The van der Waals surface area contributed by atoms with Crippen LogP contribution in [0.25, 0.3) is 0 Å². The van der Waals surface area contributed by atoms with E-state index in [0.717, 1.165) is 64.2 Å². The molecule has 0 aromatic rings. The number of unbranched alkanes of at least 4 members (excludes halogenated alkanes) is 35. The highest BCUT2D eigenvalue weighted by atomic mass is 16.8. The van der Waals surface area contributed by atoms with E-state index in [4.69, 9.17) is 28.4 Å². The fourth-order valence-corrected chi connectivity index (χ4v) is 12.6. The smallest absolute Gasteiger partial charge is 0.220 e. The number of rotatable bonds is 59. The van der Waals surface area contributed by atoms with Gasteiger partial charge in [0.2, 0.25) is 5.91 Å². The number of carbonyl (C=O) groups is 1. The van der Waals surface area contributed by atoms with Crippen LogP contribution in [0, 0.1) is 0 Å². The SMILES string of the molecule is CCCCCCC/C=C\C/C=C\C/C=C\CCCCCCCCCCC(=O)NC(COC1OC(CO)C(OC2OC(CO)C(OC3OC(CO)C(O)C(O)C3O)C(O)C2O)C(O)C1O)C(O)/C=C/CC/C=C/CCCCCCCCCCCCCCCCCCCCCCC. The first kappa shape index (κ1) is 86.7. The summed E-state index contributed by atoms with van der Waals surface area (Å²) in [6.45, 7) is 1.72. The summed E-state index contributed by atoms with van der Waals surface area (Å²) in [5.41, 5.74) is 0. The van der Waals surface area contributed by atoms with Gasteiger partial charge in [0.25, 0.3) is 0 Å². The maximum absolute atomic E-state index is 13.4. The maximum Gasteiger partial charge on any atom is 0.220 e. The zero-order valence-electron chi connectivity index (χ0n) is 58.9. The van der Waals surface area contributed by atoms with E-state index in [1.165, 1.54) is 186 Å². The van der Waals surface area contributed by atoms with Gasteiger partial charge in [-0.15, -0.1) is 0 Å². The van der Waals surface area contributed by atoms with Crippen LogP contribution in [0.4, 0.5) is 0 Å². The number of ether oxygens (including phenoxy) is 6. The Hall–Kier alpha value is -2.51. The second-order valence-corrected chi connectivity index (χ2v) is 27.1. The molecule has 0 radical (unpaired) electrons. The lowest BCUT2D eigenvalue weighted by Crippen LogP contribution is -2.66. The van der Waals surface area contributed by atoms with E-state index in [9.17, 15) is 61.0 Å². The van der Waals surface area contributed by atoms with Crippen molar-refractivity contribution < 1.29 is 89.4 Å². The van der Waals surface area contributed by atoms with Crippen molar-refractivity contribution in [3.05, 3.63) is 60.8 Å². The fraction of sp³-hybridized carbons (Fsp3) is 0.855. The Balaban J connectivity index is 1.42. The molecule has 3 heterocycles. The molecule has 0 aromatic heterocycles. The van der Waals surface area contributed by atoms with Gasteiger partial charge in [-0.3, -0.25) is 4.79 Å². The van der Waals surface area contributed by atoms with Crippen molar-refractivity contribution in [3.63, 3.8) is 0 Å².